The first kappa shape index (κ1) is 37.3. The van der Waals surface area contributed by atoms with Gasteiger partial charge in [-0.15, -0.1) is 0 Å². The van der Waals surface area contributed by atoms with Gasteiger partial charge in [-0.3, -0.25) is 19.4 Å². The first-order valence-electron chi connectivity index (χ1n) is 18.7. The number of nitrogens with one attached hydrogen (secondary N) is 1. The molecule has 0 radical (unpaired) electrons. The largest absolute Gasteiger partial charge is 0.493 e. The summed E-state index contributed by atoms with van der Waals surface area (Å²) in [6.45, 7) is 2.79. The topological polar surface area (TPSA) is 157 Å². The fourth-order valence-electron chi connectivity index (χ4n) is 7.50. The molecule has 1 atom stereocenters. The predicted molar refractivity (Wildman–Crippen MR) is 206 cm³/mol. The Morgan fingerprint density at radius 3 is 2.27 bits per heavy atom. The van der Waals surface area contributed by atoms with Crippen molar-refractivity contribution < 1.29 is 28.6 Å². The lowest BCUT2D eigenvalue weighted by molar-refractivity contribution is -0.136. The Bertz CT molecular complexity index is 2130. The van der Waals surface area contributed by atoms with Crippen LogP contribution in [0.5, 0.6) is 17.2 Å². The molecular formula is C40H47N9O6. The molecule has 2 aliphatic rings. The summed E-state index contributed by atoms with van der Waals surface area (Å²) in [6.07, 6.45) is 6.45. The van der Waals surface area contributed by atoms with Crippen LogP contribution in [0.2, 0.25) is 0 Å². The van der Waals surface area contributed by atoms with Crippen LogP contribution in [-0.2, 0) is 33.9 Å². The number of ether oxygens (including phenoxy) is 3. The maximum Gasteiger partial charge on any atom is 0.246 e. The zero-order valence-electron chi connectivity index (χ0n) is 31.6. The van der Waals surface area contributed by atoms with Crippen LogP contribution in [0, 0.1) is 5.92 Å². The van der Waals surface area contributed by atoms with Crippen molar-refractivity contribution in [2.75, 3.05) is 65.5 Å². The Balaban J connectivity index is 1.25. The monoisotopic (exact) mass is 749 g/mol. The van der Waals surface area contributed by atoms with E-state index in [1.165, 1.54) is 4.80 Å². The maximum atomic E-state index is 14.3. The number of pyridine rings is 2. The van der Waals surface area contributed by atoms with E-state index in [0.717, 1.165) is 41.7 Å². The molecule has 3 aromatic heterocycles. The molecule has 288 valence electrons. The average Bonchev–Trinajstić information content (AvgIpc) is 3.62. The highest BCUT2D eigenvalue weighted by molar-refractivity contribution is 5.92. The lowest BCUT2D eigenvalue weighted by Gasteiger charge is -2.36. The first-order chi connectivity index (χ1) is 26.8. The molecule has 0 aliphatic carbocycles. The van der Waals surface area contributed by atoms with Crippen molar-refractivity contribution in [2.45, 2.75) is 45.2 Å². The zero-order valence-corrected chi connectivity index (χ0v) is 31.6. The van der Waals surface area contributed by atoms with Crippen LogP contribution >= 0.6 is 0 Å². The summed E-state index contributed by atoms with van der Waals surface area (Å²) in [5, 5.41) is 13.0. The normalized spacial score (nSPS) is 17.1. The minimum absolute atomic E-state index is 0.0415. The number of benzene rings is 2. The molecule has 7 rings (SSSR count). The lowest BCUT2D eigenvalue weighted by Crippen LogP contribution is -2.46. The van der Waals surface area contributed by atoms with Crippen LogP contribution in [0.15, 0.2) is 60.9 Å². The van der Waals surface area contributed by atoms with E-state index < -0.39 is 0 Å². The van der Waals surface area contributed by atoms with Gasteiger partial charge in [-0.2, -0.15) is 15.0 Å². The van der Waals surface area contributed by atoms with E-state index in [4.69, 9.17) is 19.2 Å². The number of amides is 3. The highest BCUT2D eigenvalue weighted by Gasteiger charge is 2.28. The Labute approximate surface area is 319 Å². The maximum absolute atomic E-state index is 14.3. The number of nitrogens with zero attached hydrogens (tertiary/aromatic N) is 8. The zero-order chi connectivity index (χ0) is 38.3. The van der Waals surface area contributed by atoms with Crippen molar-refractivity contribution >= 4 is 45.5 Å². The number of rotatable bonds is 7. The fourth-order valence-corrected chi connectivity index (χ4v) is 7.50. The van der Waals surface area contributed by atoms with Crippen LogP contribution in [0.1, 0.15) is 36.8 Å². The van der Waals surface area contributed by atoms with Crippen LogP contribution in [0.4, 0.5) is 5.82 Å². The molecule has 15 heteroatoms. The molecular weight excluding hydrogens is 702 g/mol. The number of methoxy groups -OCH3 is 3. The van der Waals surface area contributed by atoms with Gasteiger partial charge >= 0.3 is 0 Å². The molecule has 1 unspecified atom stereocenters. The Hall–Kier alpha value is -5.99. The summed E-state index contributed by atoms with van der Waals surface area (Å²) in [4.78, 5) is 57.7. The summed E-state index contributed by atoms with van der Waals surface area (Å²) in [7, 11) is 4.73. The summed E-state index contributed by atoms with van der Waals surface area (Å²) < 4.78 is 17.3. The van der Waals surface area contributed by atoms with Gasteiger partial charge in [0.1, 0.15) is 23.4 Å². The molecule has 1 saturated heterocycles. The molecule has 0 saturated carbocycles. The van der Waals surface area contributed by atoms with Gasteiger partial charge in [-0.25, -0.2) is 4.98 Å². The van der Waals surface area contributed by atoms with Crippen molar-refractivity contribution in [3.63, 3.8) is 0 Å². The minimum Gasteiger partial charge on any atom is -0.493 e. The van der Waals surface area contributed by atoms with E-state index in [1.54, 1.807) is 44.7 Å². The first-order valence-corrected chi connectivity index (χ1v) is 18.7. The predicted octanol–water partition coefficient (Wildman–Crippen LogP) is 3.63. The number of fused-ring (bicyclic) bond motifs is 6. The van der Waals surface area contributed by atoms with Crippen LogP contribution in [-0.4, -0.2) is 113 Å². The smallest absolute Gasteiger partial charge is 0.246 e. The van der Waals surface area contributed by atoms with E-state index in [9.17, 15) is 14.4 Å². The van der Waals surface area contributed by atoms with E-state index in [0.29, 0.717) is 72.8 Å². The fraction of sp³-hybridized carbons (Fsp3) is 0.425. The SMILES string of the molecule is COc1cc2nc3c(cc2c(OC)c1OC)CN(C(=O)Cn1nc2ccccc2n1)CCCCN(C(=O)Cc1cccnc1)CC(=O)NCC1CCCN3C1. The van der Waals surface area contributed by atoms with Crippen molar-refractivity contribution in [1.82, 2.24) is 40.1 Å². The standard InChI is InChI=1S/C40H47N9O6/c1-53-34-20-33-30(38(54-2)39(34)55-3)19-29-24-46(37(52)26-49-44-31-12-4-5-13-32(31)45-49)15-6-7-16-47(36(51)18-27-10-8-14-41-21-27)25-35(50)42-22-28-11-9-17-48(23-28)40(29)43-33/h4-5,8,10,12-14,19-21,28H,6-7,9,11,15-18,22-26H2,1-3H3,(H,42,50). The summed E-state index contributed by atoms with van der Waals surface area (Å²) in [5.41, 5.74) is 3.71. The lowest BCUT2D eigenvalue weighted by atomic mass is 9.97. The minimum atomic E-state index is -0.197. The number of carbonyl (C=O) groups is 3. The van der Waals surface area contributed by atoms with Crippen molar-refractivity contribution in [1.29, 1.82) is 0 Å². The molecule has 2 aliphatic heterocycles. The molecule has 15 nitrogen and oxygen atoms in total. The molecule has 5 aromatic rings. The number of carbonyl (C=O) groups excluding carboxylic acids is 3. The second-order valence-electron chi connectivity index (χ2n) is 14.0. The molecule has 1 fully saturated rings. The van der Waals surface area contributed by atoms with Crippen LogP contribution in [0.25, 0.3) is 21.9 Å². The third-order valence-corrected chi connectivity index (χ3v) is 10.3. The van der Waals surface area contributed by atoms with Gasteiger partial charge in [0.05, 0.1) is 39.8 Å². The summed E-state index contributed by atoms with van der Waals surface area (Å²) in [5.74, 6) is 1.84. The van der Waals surface area contributed by atoms with E-state index in [1.807, 2.05) is 47.4 Å². The quantitative estimate of drug-likeness (QED) is 0.259. The highest BCUT2D eigenvalue weighted by Crippen LogP contribution is 2.44. The number of hydrogen-bond acceptors (Lipinski definition) is 11. The van der Waals surface area contributed by atoms with Crippen molar-refractivity contribution in [3.05, 3.63) is 72.1 Å². The van der Waals surface area contributed by atoms with Crippen LogP contribution in [0.3, 0.4) is 0 Å². The van der Waals surface area contributed by atoms with E-state index >= 15 is 0 Å². The van der Waals surface area contributed by atoms with Gasteiger partial charge in [-0.05, 0) is 61.4 Å². The molecule has 2 bridgehead atoms. The second kappa shape index (κ2) is 17.0. The molecule has 0 spiro atoms. The van der Waals surface area contributed by atoms with E-state index in [-0.39, 0.29) is 49.7 Å². The second-order valence-corrected chi connectivity index (χ2v) is 14.0. The number of anilines is 1. The van der Waals surface area contributed by atoms with Gasteiger partial charge < -0.3 is 34.2 Å². The summed E-state index contributed by atoms with van der Waals surface area (Å²) in [6, 6.07) is 15.0. The molecule has 1 N–H and O–H groups in total. The van der Waals surface area contributed by atoms with Gasteiger partial charge in [0.2, 0.25) is 23.5 Å². The third kappa shape index (κ3) is 8.55. The molecule has 3 amide bonds. The van der Waals surface area contributed by atoms with Gasteiger partial charge in [0, 0.05) is 68.7 Å². The van der Waals surface area contributed by atoms with Crippen molar-refractivity contribution in [2.24, 2.45) is 5.92 Å². The molecule has 55 heavy (non-hydrogen) atoms. The van der Waals surface area contributed by atoms with Gasteiger partial charge in [0.25, 0.3) is 0 Å². The molecule has 5 heterocycles. The third-order valence-electron chi connectivity index (χ3n) is 10.3. The van der Waals surface area contributed by atoms with E-state index in [2.05, 4.69) is 25.4 Å². The Morgan fingerprint density at radius 2 is 1.58 bits per heavy atom. The highest BCUT2D eigenvalue weighted by atomic mass is 16.5. The van der Waals surface area contributed by atoms with Crippen molar-refractivity contribution in [3.8, 4) is 17.2 Å². The Kier molecular flexibility index (Phi) is 11.5. The van der Waals surface area contributed by atoms with Crippen LogP contribution < -0.4 is 24.4 Å². The average molecular weight is 750 g/mol. The number of piperidine rings is 1. The molecule has 2 aromatic carbocycles. The van der Waals surface area contributed by atoms with Gasteiger partial charge in [-0.1, -0.05) is 18.2 Å². The summed E-state index contributed by atoms with van der Waals surface area (Å²) >= 11 is 0. The Morgan fingerprint density at radius 1 is 0.836 bits per heavy atom. The van der Waals surface area contributed by atoms with Gasteiger partial charge in [0.15, 0.2) is 11.5 Å². The number of aromatic nitrogens is 5. The number of hydrogen-bond donors (Lipinski definition) is 1.